The van der Waals surface area contributed by atoms with E-state index in [1.807, 2.05) is 0 Å². The van der Waals surface area contributed by atoms with Crippen molar-refractivity contribution < 1.29 is 9.84 Å². The molecule has 0 spiro atoms. The summed E-state index contributed by atoms with van der Waals surface area (Å²) in [6.07, 6.45) is 2.87. The van der Waals surface area contributed by atoms with Gasteiger partial charge in [-0.25, -0.2) is 0 Å². The zero-order valence-electron chi connectivity index (χ0n) is 8.29. The van der Waals surface area contributed by atoms with Crippen molar-refractivity contribution >= 4 is 0 Å². The summed E-state index contributed by atoms with van der Waals surface area (Å²) in [4.78, 5) is 0. The minimum Gasteiger partial charge on any atom is -0.395 e. The number of ether oxygens (including phenoxy) is 1. The minimum atomic E-state index is -0.265. The highest BCUT2D eigenvalue weighted by atomic mass is 16.5. The van der Waals surface area contributed by atoms with E-state index in [4.69, 9.17) is 15.1 Å². The molecule has 0 aromatic heterocycles. The van der Waals surface area contributed by atoms with Gasteiger partial charge in [0, 0.05) is 0 Å². The van der Waals surface area contributed by atoms with Crippen molar-refractivity contribution in [3.8, 4) is 6.07 Å². The lowest BCUT2D eigenvalue weighted by molar-refractivity contribution is -0.0243. The number of rotatable bonds is 3. The van der Waals surface area contributed by atoms with Crippen molar-refractivity contribution in [3.05, 3.63) is 0 Å². The summed E-state index contributed by atoms with van der Waals surface area (Å²) in [6, 6.07) is 2.08. The summed E-state index contributed by atoms with van der Waals surface area (Å²) in [5.41, 5.74) is -0.0415. The standard InChI is InChI=1S/C10H17NO2/c1-10(2)4-3-9(13-10)5-8(6-11)7-12/h8-9,12H,3-5,7H2,1-2H3. The Morgan fingerprint density at radius 3 is 2.77 bits per heavy atom. The van der Waals surface area contributed by atoms with Crippen LogP contribution in [-0.2, 0) is 4.74 Å². The SMILES string of the molecule is CC1(C)CCC(CC(C#N)CO)O1. The van der Waals surface area contributed by atoms with Gasteiger partial charge in [-0.1, -0.05) is 0 Å². The van der Waals surface area contributed by atoms with Gasteiger partial charge in [0.25, 0.3) is 0 Å². The Kier molecular flexibility index (Phi) is 3.29. The molecule has 74 valence electrons. The Hall–Kier alpha value is -0.590. The van der Waals surface area contributed by atoms with E-state index in [0.29, 0.717) is 6.42 Å². The maximum atomic E-state index is 8.84. The van der Waals surface area contributed by atoms with Crippen LogP contribution in [-0.4, -0.2) is 23.4 Å². The first-order valence-corrected chi connectivity index (χ1v) is 4.75. The summed E-state index contributed by atoms with van der Waals surface area (Å²) in [5, 5.41) is 17.5. The molecule has 0 radical (unpaired) electrons. The molecular formula is C10H17NO2. The zero-order valence-corrected chi connectivity index (χ0v) is 8.29. The molecule has 1 N–H and O–H groups in total. The quantitative estimate of drug-likeness (QED) is 0.720. The zero-order chi connectivity index (χ0) is 9.90. The molecule has 0 bridgehead atoms. The largest absolute Gasteiger partial charge is 0.395 e. The Balaban J connectivity index is 2.36. The Morgan fingerprint density at radius 2 is 2.38 bits per heavy atom. The molecule has 3 heteroatoms. The first-order chi connectivity index (χ1) is 6.07. The molecular weight excluding hydrogens is 166 g/mol. The smallest absolute Gasteiger partial charge is 0.0719 e. The van der Waals surface area contributed by atoms with Gasteiger partial charge in [0.05, 0.1) is 30.3 Å². The van der Waals surface area contributed by atoms with Gasteiger partial charge in [0.1, 0.15) is 0 Å². The number of hydrogen-bond donors (Lipinski definition) is 1. The fourth-order valence-corrected chi connectivity index (χ4v) is 1.73. The first kappa shape index (κ1) is 10.5. The number of nitriles is 1. The molecule has 1 fully saturated rings. The van der Waals surface area contributed by atoms with E-state index >= 15 is 0 Å². The van der Waals surface area contributed by atoms with E-state index < -0.39 is 0 Å². The molecule has 1 aliphatic rings. The van der Waals surface area contributed by atoms with Crippen molar-refractivity contribution in [1.82, 2.24) is 0 Å². The summed E-state index contributed by atoms with van der Waals surface area (Å²) in [6.45, 7) is 4.07. The topological polar surface area (TPSA) is 53.2 Å². The molecule has 2 unspecified atom stereocenters. The highest BCUT2D eigenvalue weighted by Gasteiger charge is 2.32. The number of nitrogens with zero attached hydrogens (tertiary/aromatic N) is 1. The lowest BCUT2D eigenvalue weighted by atomic mass is 10.0. The van der Waals surface area contributed by atoms with Gasteiger partial charge in [-0.15, -0.1) is 0 Å². The van der Waals surface area contributed by atoms with Crippen LogP contribution in [0.15, 0.2) is 0 Å². The van der Waals surface area contributed by atoms with Gasteiger partial charge in [-0.05, 0) is 33.1 Å². The fraction of sp³-hybridized carbons (Fsp3) is 0.900. The van der Waals surface area contributed by atoms with Gasteiger partial charge < -0.3 is 9.84 Å². The van der Waals surface area contributed by atoms with E-state index in [9.17, 15) is 0 Å². The highest BCUT2D eigenvalue weighted by Crippen LogP contribution is 2.32. The van der Waals surface area contributed by atoms with Crippen molar-refractivity contribution in [3.63, 3.8) is 0 Å². The summed E-state index contributed by atoms with van der Waals surface area (Å²) in [5.74, 6) is -0.265. The summed E-state index contributed by atoms with van der Waals surface area (Å²) >= 11 is 0. The van der Waals surface area contributed by atoms with Crippen LogP contribution in [0.5, 0.6) is 0 Å². The Labute approximate surface area is 79.3 Å². The molecule has 1 heterocycles. The molecule has 0 saturated carbocycles. The molecule has 1 aliphatic heterocycles. The van der Waals surface area contributed by atoms with Crippen LogP contribution < -0.4 is 0 Å². The van der Waals surface area contributed by atoms with Gasteiger partial charge in [0.2, 0.25) is 0 Å². The van der Waals surface area contributed by atoms with Gasteiger partial charge in [0.15, 0.2) is 0 Å². The van der Waals surface area contributed by atoms with Gasteiger partial charge in [-0.2, -0.15) is 5.26 Å². The van der Waals surface area contributed by atoms with Gasteiger partial charge in [-0.3, -0.25) is 0 Å². The second-order valence-corrected chi connectivity index (χ2v) is 4.28. The van der Waals surface area contributed by atoms with Crippen LogP contribution in [0.4, 0.5) is 0 Å². The average Bonchev–Trinajstić information content (AvgIpc) is 2.41. The van der Waals surface area contributed by atoms with E-state index in [1.165, 1.54) is 0 Å². The Bertz CT molecular complexity index is 207. The van der Waals surface area contributed by atoms with Crippen molar-refractivity contribution in [2.75, 3.05) is 6.61 Å². The second-order valence-electron chi connectivity index (χ2n) is 4.28. The maximum Gasteiger partial charge on any atom is 0.0719 e. The van der Waals surface area contributed by atoms with E-state index in [-0.39, 0.29) is 24.2 Å². The van der Waals surface area contributed by atoms with Crippen LogP contribution >= 0.6 is 0 Å². The highest BCUT2D eigenvalue weighted by molar-refractivity contribution is 4.88. The van der Waals surface area contributed by atoms with Gasteiger partial charge >= 0.3 is 0 Å². The third-order valence-electron chi connectivity index (χ3n) is 2.50. The summed E-state index contributed by atoms with van der Waals surface area (Å²) < 4.78 is 5.72. The van der Waals surface area contributed by atoms with Crippen molar-refractivity contribution in [2.24, 2.45) is 5.92 Å². The number of hydrogen-bond acceptors (Lipinski definition) is 3. The van der Waals surface area contributed by atoms with Crippen LogP contribution in [0.2, 0.25) is 0 Å². The lowest BCUT2D eigenvalue weighted by Gasteiger charge is -2.19. The molecule has 2 atom stereocenters. The first-order valence-electron chi connectivity index (χ1n) is 4.75. The Morgan fingerprint density at radius 1 is 1.69 bits per heavy atom. The molecule has 1 rings (SSSR count). The number of aliphatic hydroxyl groups excluding tert-OH is 1. The molecule has 0 aliphatic carbocycles. The molecule has 0 amide bonds. The lowest BCUT2D eigenvalue weighted by Crippen LogP contribution is -2.22. The van der Waals surface area contributed by atoms with Crippen molar-refractivity contribution in [1.29, 1.82) is 5.26 Å². The molecule has 0 aromatic rings. The third-order valence-corrected chi connectivity index (χ3v) is 2.50. The van der Waals surface area contributed by atoms with Crippen LogP contribution in [0.1, 0.15) is 33.1 Å². The fourth-order valence-electron chi connectivity index (χ4n) is 1.73. The van der Waals surface area contributed by atoms with Crippen molar-refractivity contribution in [2.45, 2.75) is 44.8 Å². The molecule has 13 heavy (non-hydrogen) atoms. The summed E-state index contributed by atoms with van der Waals surface area (Å²) in [7, 11) is 0. The van der Waals surface area contributed by atoms with Crippen LogP contribution in [0.3, 0.4) is 0 Å². The van der Waals surface area contributed by atoms with Crippen LogP contribution in [0.25, 0.3) is 0 Å². The van der Waals surface area contributed by atoms with E-state index in [1.54, 1.807) is 0 Å². The average molecular weight is 183 g/mol. The van der Waals surface area contributed by atoms with E-state index in [2.05, 4.69) is 19.9 Å². The molecule has 1 saturated heterocycles. The predicted molar refractivity (Wildman–Crippen MR) is 49.0 cm³/mol. The minimum absolute atomic E-state index is 0.0415. The predicted octanol–water partition coefficient (Wildman–Crippen LogP) is 1.47. The monoisotopic (exact) mass is 183 g/mol. The third kappa shape index (κ3) is 2.98. The molecule has 3 nitrogen and oxygen atoms in total. The second kappa shape index (κ2) is 4.08. The van der Waals surface area contributed by atoms with Crippen LogP contribution in [0, 0.1) is 17.2 Å². The maximum absolute atomic E-state index is 8.84. The van der Waals surface area contributed by atoms with E-state index in [0.717, 1.165) is 12.8 Å². The number of aliphatic hydroxyl groups is 1. The molecule has 0 aromatic carbocycles. The normalized spacial score (nSPS) is 28.3.